The Kier molecular flexibility index (Phi) is 5.54. The van der Waals surface area contributed by atoms with Crippen molar-refractivity contribution in [3.8, 4) is 5.69 Å². The second-order valence-corrected chi connectivity index (χ2v) is 7.89. The number of piperidine rings is 1. The van der Waals surface area contributed by atoms with Crippen molar-refractivity contribution in [3.05, 3.63) is 59.2 Å². The molecule has 1 aliphatic rings. The van der Waals surface area contributed by atoms with Gasteiger partial charge in [-0.25, -0.2) is 4.68 Å². The molecule has 2 aromatic heterocycles. The Bertz CT molecular complexity index is 926. The number of aromatic nitrogens is 5. The average molecular weight is 380 g/mol. The first kappa shape index (κ1) is 18.8. The summed E-state index contributed by atoms with van der Waals surface area (Å²) in [7, 11) is 0. The van der Waals surface area contributed by atoms with E-state index in [4.69, 9.17) is 5.73 Å². The standard InChI is InChI=1S/C21H29N7/c1-16-9-17(2)28(24-16)21-7-3-5-18(10-21)12-26-8-4-6-19(13-26)14-27-15-20(11-22)23-25-27/h3,5,7,9-10,15,19H,4,6,8,11-14,22H2,1-2H3. The molecule has 1 atom stereocenters. The van der Waals surface area contributed by atoms with Crippen LogP contribution in [0.25, 0.3) is 5.69 Å². The van der Waals surface area contributed by atoms with E-state index in [-0.39, 0.29) is 0 Å². The molecule has 28 heavy (non-hydrogen) atoms. The lowest BCUT2D eigenvalue weighted by Gasteiger charge is -2.32. The highest BCUT2D eigenvalue weighted by atomic mass is 15.4. The second-order valence-electron chi connectivity index (χ2n) is 7.89. The van der Waals surface area contributed by atoms with E-state index < -0.39 is 0 Å². The summed E-state index contributed by atoms with van der Waals surface area (Å²) in [6, 6.07) is 10.8. The lowest BCUT2D eigenvalue weighted by atomic mass is 9.97. The number of hydrogen-bond donors (Lipinski definition) is 1. The number of rotatable bonds is 6. The smallest absolute Gasteiger partial charge is 0.0962 e. The number of nitrogens with zero attached hydrogens (tertiary/aromatic N) is 6. The molecule has 0 saturated carbocycles. The van der Waals surface area contributed by atoms with Gasteiger partial charge in [-0.05, 0) is 62.9 Å². The summed E-state index contributed by atoms with van der Waals surface area (Å²) in [5, 5.41) is 12.9. The van der Waals surface area contributed by atoms with Crippen molar-refractivity contribution in [2.45, 2.75) is 46.3 Å². The van der Waals surface area contributed by atoms with Gasteiger partial charge >= 0.3 is 0 Å². The van der Waals surface area contributed by atoms with Crippen LogP contribution in [0, 0.1) is 19.8 Å². The second kappa shape index (κ2) is 8.24. The Hall–Kier alpha value is -2.51. The van der Waals surface area contributed by atoms with E-state index in [9.17, 15) is 0 Å². The Morgan fingerprint density at radius 1 is 1.21 bits per heavy atom. The van der Waals surface area contributed by atoms with Crippen LogP contribution >= 0.6 is 0 Å². The molecular formula is C21H29N7. The van der Waals surface area contributed by atoms with Gasteiger partial charge in [0.2, 0.25) is 0 Å². The predicted molar refractivity (Wildman–Crippen MR) is 109 cm³/mol. The Morgan fingerprint density at radius 2 is 2.11 bits per heavy atom. The van der Waals surface area contributed by atoms with Crippen LogP contribution in [0.15, 0.2) is 36.5 Å². The van der Waals surface area contributed by atoms with E-state index in [2.05, 4.69) is 57.6 Å². The maximum Gasteiger partial charge on any atom is 0.0962 e. The molecule has 7 heteroatoms. The zero-order chi connectivity index (χ0) is 19.5. The summed E-state index contributed by atoms with van der Waals surface area (Å²) in [5.74, 6) is 0.597. The lowest BCUT2D eigenvalue weighted by Crippen LogP contribution is -2.36. The minimum Gasteiger partial charge on any atom is -0.325 e. The van der Waals surface area contributed by atoms with Crippen LogP contribution in [-0.2, 0) is 19.6 Å². The first-order valence-corrected chi connectivity index (χ1v) is 10.0. The summed E-state index contributed by atoms with van der Waals surface area (Å²) in [4.78, 5) is 2.55. The molecule has 0 amide bonds. The summed E-state index contributed by atoms with van der Waals surface area (Å²) >= 11 is 0. The van der Waals surface area contributed by atoms with Gasteiger partial charge in [0.25, 0.3) is 0 Å². The van der Waals surface area contributed by atoms with E-state index in [1.165, 1.54) is 18.4 Å². The molecule has 7 nitrogen and oxygen atoms in total. The molecule has 1 saturated heterocycles. The van der Waals surface area contributed by atoms with Gasteiger partial charge in [0, 0.05) is 38.1 Å². The number of benzene rings is 1. The minimum absolute atomic E-state index is 0.447. The molecule has 0 aliphatic carbocycles. The zero-order valence-electron chi connectivity index (χ0n) is 16.8. The third-order valence-corrected chi connectivity index (χ3v) is 5.41. The monoisotopic (exact) mass is 379 g/mol. The van der Waals surface area contributed by atoms with Gasteiger partial charge in [0.05, 0.1) is 17.1 Å². The topological polar surface area (TPSA) is 77.8 Å². The van der Waals surface area contributed by atoms with Crippen LogP contribution in [0.1, 0.15) is 35.5 Å². The fraction of sp³-hybridized carbons (Fsp3) is 0.476. The van der Waals surface area contributed by atoms with Crippen molar-refractivity contribution in [2.24, 2.45) is 11.7 Å². The van der Waals surface area contributed by atoms with E-state index in [0.29, 0.717) is 12.5 Å². The molecule has 1 fully saturated rings. The maximum atomic E-state index is 5.64. The highest BCUT2D eigenvalue weighted by Crippen LogP contribution is 2.21. The van der Waals surface area contributed by atoms with Gasteiger partial charge in [-0.15, -0.1) is 5.10 Å². The Labute approximate surface area is 166 Å². The van der Waals surface area contributed by atoms with Crippen LogP contribution in [0.3, 0.4) is 0 Å². The highest BCUT2D eigenvalue weighted by molar-refractivity contribution is 5.37. The lowest BCUT2D eigenvalue weighted by molar-refractivity contribution is 0.153. The Morgan fingerprint density at radius 3 is 2.86 bits per heavy atom. The van der Waals surface area contributed by atoms with Crippen LogP contribution < -0.4 is 5.73 Å². The molecule has 3 aromatic rings. The van der Waals surface area contributed by atoms with E-state index in [1.54, 1.807) is 0 Å². The number of aryl methyl sites for hydroxylation is 2. The molecule has 1 aromatic carbocycles. The largest absolute Gasteiger partial charge is 0.325 e. The molecular weight excluding hydrogens is 350 g/mol. The number of nitrogens with two attached hydrogens (primary N) is 1. The van der Waals surface area contributed by atoms with Crippen molar-refractivity contribution in [3.63, 3.8) is 0 Å². The van der Waals surface area contributed by atoms with Gasteiger partial charge in [0.15, 0.2) is 0 Å². The molecule has 3 heterocycles. The van der Waals surface area contributed by atoms with Gasteiger partial charge in [0.1, 0.15) is 0 Å². The maximum absolute atomic E-state index is 5.64. The van der Waals surface area contributed by atoms with E-state index in [1.807, 2.05) is 22.5 Å². The third kappa shape index (κ3) is 4.31. The van der Waals surface area contributed by atoms with Crippen LogP contribution in [0.5, 0.6) is 0 Å². The van der Waals surface area contributed by atoms with E-state index in [0.717, 1.165) is 48.9 Å². The van der Waals surface area contributed by atoms with Gasteiger partial charge in [-0.2, -0.15) is 5.10 Å². The highest BCUT2D eigenvalue weighted by Gasteiger charge is 2.21. The first-order valence-electron chi connectivity index (χ1n) is 10.0. The fourth-order valence-electron chi connectivity index (χ4n) is 4.16. The summed E-state index contributed by atoms with van der Waals surface area (Å²) in [5.41, 5.74) is 11.2. The predicted octanol–water partition coefficient (Wildman–Crippen LogP) is 2.45. The quantitative estimate of drug-likeness (QED) is 0.712. The van der Waals surface area contributed by atoms with Crippen LogP contribution in [-0.4, -0.2) is 42.8 Å². The van der Waals surface area contributed by atoms with Crippen molar-refractivity contribution < 1.29 is 0 Å². The molecule has 148 valence electrons. The SMILES string of the molecule is Cc1cc(C)n(-c2cccc(CN3CCCC(Cn4cc(CN)nn4)C3)c2)n1. The molecule has 0 radical (unpaired) electrons. The minimum atomic E-state index is 0.447. The van der Waals surface area contributed by atoms with Crippen LogP contribution in [0.2, 0.25) is 0 Å². The third-order valence-electron chi connectivity index (χ3n) is 5.41. The Balaban J connectivity index is 1.41. The fourth-order valence-corrected chi connectivity index (χ4v) is 4.16. The van der Waals surface area contributed by atoms with Gasteiger partial charge in [-0.3, -0.25) is 9.58 Å². The number of hydrogen-bond acceptors (Lipinski definition) is 5. The molecule has 1 aliphatic heterocycles. The molecule has 0 bridgehead atoms. The number of likely N-dealkylation sites (tertiary alicyclic amines) is 1. The zero-order valence-corrected chi connectivity index (χ0v) is 16.8. The summed E-state index contributed by atoms with van der Waals surface area (Å²) < 4.78 is 3.97. The van der Waals surface area contributed by atoms with E-state index >= 15 is 0 Å². The van der Waals surface area contributed by atoms with Crippen molar-refractivity contribution in [1.29, 1.82) is 0 Å². The molecule has 2 N–H and O–H groups in total. The summed E-state index contributed by atoms with van der Waals surface area (Å²) in [6.07, 6.45) is 4.43. The molecule has 0 spiro atoms. The van der Waals surface area contributed by atoms with Gasteiger partial charge in [-0.1, -0.05) is 17.3 Å². The van der Waals surface area contributed by atoms with Gasteiger partial charge < -0.3 is 5.73 Å². The summed E-state index contributed by atoms with van der Waals surface area (Å²) in [6.45, 7) is 8.69. The molecule has 1 unspecified atom stereocenters. The van der Waals surface area contributed by atoms with Crippen LogP contribution in [0.4, 0.5) is 0 Å². The van der Waals surface area contributed by atoms with Crippen molar-refractivity contribution >= 4 is 0 Å². The molecule has 4 rings (SSSR count). The van der Waals surface area contributed by atoms with Crippen molar-refractivity contribution in [1.82, 2.24) is 29.7 Å². The normalized spacial score (nSPS) is 17.9. The average Bonchev–Trinajstić information content (AvgIpc) is 3.27. The van der Waals surface area contributed by atoms with Crippen molar-refractivity contribution in [2.75, 3.05) is 13.1 Å². The first-order chi connectivity index (χ1) is 13.6.